The van der Waals surface area contributed by atoms with Crippen molar-refractivity contribution in [2.45, 2.75) is 6.54 Å². The van der Waals surface area contributed by atoms with Crippen molar-refractivity contribution >= 4 is 22.8 Å². The Morgan fingerprint density at radius 2 is 2.10 bits per heavy atom. The van der Waals surface area contributed by atoms with Gasteiger partial charge in [-0.1, -0.05) is 0 Å². The van der Waals surface area contributed by atoms with Gasteiger partial charge in [-0.3, -0.25) is 0 Å². The Kier molecular flexibility index (Phi) is 3.16. The Bertz CT molecular complexity index is 719. The quantitative estimate of drug-likeness (QED) is 0.745. The summed E-state index contributed by atoms with van der Waals surface area (Å²) in [5, 5.41) is 3.29. The summed E-state index contributed by atoms with van der Waals surface area (Å²) in [6.45, 7) is 0.661. The van der Waals surface area contributed by atoms with Crippen molar-refractivity contribution in [3.63, 3.8) is 0 Å². The molecule has 20 heavy (non-hydrogen) atoms. The number of nitrogens with zero attached hydrogens (tertiary/aromatic N) is 5. The van der Waals surface area contributed by atoms with Crippen molar-refractivity contribution in [3.8, 4) is 0 Å². The highest BCUT2D eigenvalue weighted by Gasteiger charge is 2.05. The maximum Gasteiger partial charge on any atom is 0.182 e. The van der Waals surface area contributed by atoms with E-state index in [-0.39, 0.29) is 0 Å². The first-order valence-corrected chi connectivity index (χ1v) is 6.24. The number of nitrogens with one attached hydrogen (secondary N) is 2. The third kappa shape index (κ3) is 2.37. The standard InChI is InChI=1S/C13H15N7/c1-20(2)10-5-9(3-4-14-10)6-15-12-11-13(17-7-16-11)19-8-18-12/h3-5,7-8H,6H2,1-2H3,(H2,15,16,17,18,19). The minimum atomic E-state index is 0.659. The molecule has 3 heterocycles. The van der Waals surface area contributed by atoms with Crippen molar-refractivity contribution in [1.82, 2.24) is 24.9 Å². The lowest BCUT2D eigenvalue weighted by Gasteiger charge is -2.12. The predicted molar refractivity (Wildman–Crippen MR) is 77.6 cm³/mol. The second-order valence-electron chi connectivity index (χ2n) is 4.59. The lowest BCUT2D eigenvalue weighted by Crippen LogP contribution is -2.11. The molecule has 0 saturated carbocycles. The van der Waals surface area contributed by atoms with Crippen LogP contribution in [0.25, 0.3) is 11.2 Å². The van der Waals surface area contributed by atoms with Gasteiger partial charge in [0, 0.05) is 26.8 Å². The largest absolute Gasteiger partial charge is 0.364 e. The van der Waals surface area contributed by atoms with Crippen LogP contribution < -0.4 is 10.2 Å². The fourth-order valence-electron chi connectivity index (χ4n) is 1.90. The molecule has 3 rings (SSSR count). The molecule has 0 saturated heterocycles. The molecule has 0 amide bonds. The first-order chi connectivity index (χ1) is 9.74. The molecule has 0 aliphatic heterocycles. The van der Waals surface area contributed by atoms with Gasteiger partial charge in [0.1, 0.15) is 17.7 Å². The highest BCUT2D eigenvalue weighted by Crippen LogP contribution is 2.16. The van der Waals surface area contributed by atoms with E-state index in [1.54, 1.807) is 12.5 Å². The van der Waals surface area contributed by atoms with Gasteiger partial charge >= 0.3 is 0 Å². The van der Waals surface area contributed by atoms with Gasteiger partial charge in [-0.25, -0.2) is 19.9 Å². The number of anilines is 2. The van der Waals surface area contributed by atoms with Crippen molar-refractivity contribution in [2.75, 3.05) is 24.3 Å². The van der Waals surface area contributed by atoms with Gasteiger partial charge < -0.3 is 15.2 Å². The van der Waals surface area contributed by atoms with E-state index in [1.807, 2.05) is 31.1 Å². The molecule has 2 N–H and O–H groups in total. The van der Waals surface area contributed by atoms with Crippen molar-refractivity contribution < 1.29 is 0 Å². The first kappa shape index (κ1) is 12.3. The van der Waals surface area contributed by atoms with Gasteiger partial charge in [-0.2, -0.15) is 0 Å². The zero-order valence-electron chi connectivity index (χ0n) is 11.3. The molecule has 7 nitrogen and oxygen atoms in total. The summed E-state index contributed by atoms with van der Waals surface area (Å²) in [5.41, 5.74) is 2.61. The van der Waals surface area contributed by atoms with E-state index < -0.39 is 0 Å². The van der Waals surface area contributed by atoms with Crippen LogP contribution in [0.4, 0.5) is 11.6 Å². The number of imidazole rings is 1. The first-order valence-electron chi connectivity index (χ1n) is 6.24. The van der Waals surface area contributed by atoms with Gasteiger partial charge in [-0.05, 0) is 17.7 Å². The maximum absolute atomic E-state index is 4.29. The Morgan fingerprint density at radius 1 is 1.20 bits per heavy atom. The summed E-state index contributed by atoms with van der Waals surface area (Å²) in [6.07, 6.45) is 4.92. The van der Waals surface area contributed by atoms with E-state index in [4.69, 9.17) is 0 Å². The highest BCUT2D eigenvalue weighted by molar-refractivity contribution is 5.81. The van der Waals surface area contributed by atoms with Gasteiger partial charge in [-0.15, -0.1) is 0 Å². The lowest BCUT2D eigenvalue weighted by atomic mass is 10.2. The summed E-state index contributed by atoms with van der Waals surface area (Å²) >= 11 is 0. The molecule has 0 radical (unpaired) electrons. The minimum absolute atomic E-state index is 0.659. The molecule has 0 unspecified atom stereocenters. The average molecular weight is 269 g/mol. The van der Waals surface area contributed by atoms with Crippen molar-refractivity contribution in [1.29, 1.82) is 0 Å². The summed E-state index contributed by atoms with van der Waals surface area (Å²) in [5.74, 6) is 1.68. The number of hydrogen-bond donors (Lipinski definition) is 2. The zero-order valence-corrected chi connectivity index (χ0v) is 11.3. The smallest absolute Gasteiger partial charge is 0.182 e. The molecule has 0 fully saturated rings. The Morgan fingerprint density at radius 3 is 2.95 bits per heavy atom. The van der Waals surface area contributed by atoms with Gasteiger partial charge in [0.05, 0.1) is 6.33 Å². The summed E-state index contributed by atoms with van der Waals surface area (Å²) in [6, 6.07) is 4.02. The molecule has 0 aliphatic carbocycles. The molecule has 7 heteroatoms. The number of fused-ring (bicyclic) bond motifs is 1. The SMILES string of the molecule is CN(C)c1cc(CNc2ncnc3nc[nH]c23)ccn1. The van der Waals surface area contributed by atoms with E-state index in [9.17, 15) is 0 Å². The maximum atomic E-state index is 4.29. The Balaban J connectivity index is 1.79. The van der Waals surface area contributed by atoms with E-state index in [2.05, 4.69) is 30.2 Å². The van der Waals surface area contributed by atoms with Crippen molar-refractivity contribution in [2.24, 2.45) is 0 Å². The second-order valence-corrected chi connectivity index (χ2v) is 4.59. The summed E-state index contributed by atoms with van der Waals surface area (Å²) in [4.78, 5) is 21.7. The Hall–Kier alpha value is -2.70. The number of H-pyrrole nitrogens is 1. The molecule has 3 aromatic rings. The number of rotatable bonds is 4. The van der Waals surface area contributed by atoms with Crippen LogP contribution in [0.3, 0.4) is 0 Å². The van der Waals surface area contributed by atoms with Crippen LogP contribution in [0.15, 0.2) is 31.0 Å². The molecular weight excluding hydrogens is 254 g/mol. The van der Waals surface area contributed by atoms with Gasteiger partial charge in [0.15, 0.2) is 11.5 Å². The van der Waals surface area contributed by atoms with Gasteiger partial charge in [0.2, 0.25) is 0 Å². The molecule has 0 aromatic carbocycles. The third-order valence-corrected chi connectivity index (χ3v) is 2.95. The van der Waals surface area contributed by atoms with Crippen LogP contribution in [-0.4, -0.2) is 39.0 Å². The molecule has 3 aromatic heterocycles. The number of hydrogen-bond acceptors (Lipinski definition) is 6. The Labute approximate surface area is 116 Å². The molecule has 102 valence electrons. The van der Waals surface area contributed by atoms with Crippen molar-refractivity contribution in [3.05, 3.63) is 36.5 Å². The van der Waals surface area contributed by atoms with E-state index in [0.717, 1.165) is 22.7 Å². The third-order valence-electron chi connectivity index (χ3n) is 2.95. The topological polar surface area (TPSA) is 82.6 Å². The van der Waals surface area contributed by atoms with Gasteiger partial charge in [0.25, 0.3) is 0 Å². The van der Waals surface area contributed by atoms with E-state index in [1.165, 1.54) is 6.33 Å². The zero-order chi connectivity index (χ0) is 13.9. The van der Waals surface area contributed by atoms with E-state index in [0.29, 0.717) is 12.2 Å². The molecule has 0 atom stereocenters. The lowest BCUT2D eigenvalue weighted by molar-refractivity contribution is 1.04. The minimum Gasteiger partial charge on any atom is -0.364 e. The highest BCUT2D eigenvalue weighted by atomic mass is 15.1. The molecule has 0 bridgehead atoms. The average Bonchev–Trinajstić information content (AvgIpc) is 2.94. The summed E-state index contributed by atoms with van der Waals surface area (Å²) < 4.78 is 0. The number of aromatic amines is 1. The molecular formula is C13H15N7. The van der Waals surface area contributed by atoms with Crippen LogP contribution in [0, 0.1) is 0 Å². The normalized spacial score (nSPS) is 10.7. The number of pyridine rings is 1. The fourth-order valence-corrected chi connectivity index (χ4v) is 1.90. The fraction of sp³-hybridized carbons (Fsp3) is 0.231. The van der Waals surface area contributed by atoms with Crippen LogP contribution in [-0.2, 0) is 6.54 Å². The summed E-state index contributed by atoms with van der Waals surface area (Å²) in [7, 11) is 3.94. The monoisotopic (exact) mass is 269 g/mol. The van der Waals surface area contributed by atoms with E-state index >= 15 is 0 Å². The van der Waals surface area contributed by atoms with Crippen LogP contribution in [0.1, 0.15) is 5.56 Å². The van der Waals surface area contributed by atoms with Crippen LogP contribution in [0.2, 0.25) is 0 Å². The van der Waals surface area contributed by atoms with Crippen LogP contribution >= 0.6 is 0 Å². The van der Waals surface area contributed by atoms with Crippen LogP contribution in [0.5, 0.6) is 0 Å². The molecule has 0 spiro atoms. The number of aromatic nitrogens is 5. The molecule has 0 aliphatic rings. The second kappa shape index (κ2) is 5.12. The predicted octanol–water partition coefficient (Wildman–Crippen LogP) is 1.43.